The number of nitrogens with zero attached hydrogens (tertiary/aromatic N) is 2. The fourth-order valence-electron chi connectivity index (χ4n) is 1.76. The molecule has 122 valence electrons. The van der Waals surface area contributed by atoms with E-state index < -0.39 is 0 Å². The molecule has 0 saturated heterocycles. The normalized spacial score (nSPS) is 9.59. The Bertz CT molecular complexity index is 570. The number of halogens is 2. The van der Waals surface area contributed by atoms with Crippen LogP contribution in [0.5, 0.6) is 17.2 Å². The van der Waals surface area contributed by atoms with Gasteiger partial charge in [-0.3, -0.25) is 4.98 Å². The molecule has 0 aliphatic carbocycles. The van der Waals surface area contributed by atoms with Crippen LogP contribution < -0.4 is 9.57 Å². The Balaban J connectivity index is 0.00000220. The molecule has 0 aliphatic rings. The molecule has 1 aromatic carbocycles. The molecule has 0 radical (unpaired) electrons. The van der Waals surface area contributed by atoms with E-state index in [0.29, 0.717) is 30.3 Å². The summed E-state index contributed by atoms with van der Waals surface area (Å²) >= 11 is 0. The van der Waals surface area contributed by atoms with Crippen LogP contribution in [0, 0.1) is 0 Å². The average Bonchev–Trinajstić information content (AvgIpc) is 2.49. The van der Waals surface area contributed by atoms with E-state index in [2.05, 4.69) is 4.98 Å². The van der Waals surface area contributed by atoms with Crippen molar-refractivity contribution < 1.29 is 14.7 Å². The zero-order valence-electron chi connectivity index (χ0n) is 12.4. The second-order valence-corrected chi connectivity index (χ2v) is 4.17. The maximum Gasteiger partial charge on any atom is 0.189 e. The van der Waals surface area contributed by atoms with Gasteiger partial charge in [-0.25, -0.2) is 0 Å². The highest BCUT2D eigenvalue weighted by atomic mass is 35.5. The minimum Gasteiger partial charge on any atom is -0.506 e. The predicted molar refractivity (Wildman–Crippen MR) is 90.1 cm³/mol. The SMILES string of the molecule is CCN(Cc1ncccc1O)Oc1ccccc1OC.Cl.Cl. The number of ether oxygens (including phenoxy) is 1. The lowest BCUT2D eigenvalue weighted by Crippen LogP contribution is -2.27. The van der Waals surface area contributed by atoms with Gasteiger partial charge in [0.15, 0.2) is 11.5 Å². The molecule has 0 aliphatic heterocycles. The third kappa shape index (κ3) is 5.26. The quantitative estimate of drug-likeness (QED) is 0.811. The minimum atomic E-state index is 0. The van der Waals surface area contributed by atoms with Crippen molar-refractivity contribution >= 4 is 24.8 Å². The molecule has 1 heterocycles. The molecule has 7 heteroatoms. The summed E-state index contributed by atoms with van der Waals surface area (Å²) in [5, 5.41) is 11.5. The smallest absolute Gasteiger partial charge is 0.189 e. The summed E-state index contributed by atoms with van der Waals surface area (Å²) < 4.78 is 5.25. The van der Waals surface area contributed by atoms with Crippen LogP contribution in [0.4, 0.5) is 0 Å². The molecule has 1 aromatic heterocycles. The zero-order chi connectivity index (χ0) is 14.4. The maximum atomic E-state index is 9.75. The first kappa shape index (κ1) is 20.3. The number of aromatic nitrogens is 1. The van der Waals surface area contributed by atoms with E-state index in [1.807, 2.05) is 31.2 Å². The Morgan fingerprint density at radius 2 is 1.77 bits per heavy atom. The largest absolute Gasteiger partial charge is 0.506 e. The Labute approximate surface area is 142 Å². The third-order valence-corrected chi connectivity index (χ3v) is 2.84. The van der Waals surface area contributed by atoms with Gasteiger partial charge in [0.1, 0.15) is 5.75 Å². The Hall–Kier alpha value is -1.69. The fourth-order valence-corrected chi connectivity index (χ4v) is 1.76. The van der Waals surface area contributed by atoms with Gasteiger partial charge in [0.2, 0.25) is 0 Å². The summed E-state index contributed by atoms with van der Waals surface area (Å²) in [5.74, 6) is 1.46. The first-order chi connectivity index (χ1) is 9.74. The van der Waals surface area contributed by atoms with E-state index in [4.69, 9.17) is 9.57 Å². The number of para-hydroxylation sites is 2. The Morgan fingerprint density at radius 1 is 1.09 bits per heavy atom. The molecule has 0 atom stereocenters. The van der Waals surface area contributed by atoms with Crippen LogP contribution in [0.3, 0.4) is 0 Å². The Morgan fingerprint density at radius 3 is 2.36 bits per heavy atom. The van der Waals surface area contributed by atoms with E-state index >= 15 is 0 Å². The van der Waals surface area contributed by atoms with Gasteiger partial charge >= 0.3 is 0 Å². The van der Waals surface area contributed by atoms with Gasteiger partial charge in [-0.15, -0.1) is 29.9 Å². The average molecular weight is 347 g/mol. The minimum absolute atomic E-state index is 0. The number of hydroxylamine groups is 2. The van der Waals surface area contributed by atoms with Crippen LogP contribution in [-0.4, -0.2) is 28.8 Å². The molecule has 0 spiro atoms. The number of hydrogen-bond acceptors (Lipinski definition) is 5. The van der Waals surface area contributed by atoms with Crippen molar-refractivity contribution in [1.29, 1.82) is 0 Å². The number of methoxy groups -OCH3 is 1. The van der Waals surface area contributed by atoms with Gasteiger partial charge in [-0.05, 0) is 31.2 Å². The van der Waals surface area contributed by atoms with Crippen LogP contribution in [0.25, 0.3) is 0 Å². The molecular formula is C15H20Cl2N2O3. The highest BCUT2D eigenvalue weighted by molar-refractivity contribution is 5.85. The highest BCUT2D eigenvalue weighted by Crippen LogP contribution is 2.27. The van der Waals surface area contributed by atoms with E-state index in [1.54, 1.807) is 30.5 Å². The summed E-state index contributed by atoms with van der Waals surface area (Å²) in [7, 11) is 1.60. The highest BCUT2D eigenvalue weighted by Gasteiger charge is 2.12. The van der Waals surface area contributed by atoms with Crippen molar-refractivity contribution in [2.75, 3.05) is 13.7 Å². The van der Waals surface area contributed by atoms with Crippen LogP contribution in [0.15, 0.2) is 42.6 Å². The fraction of sp³-hybridized carbons (Fsp3) is 0.267. The number of pyridine rings is 1. The lowest BCUT2D eigenvalue weighted by Gasteiger charge is -2.21. The molecule has 0 amide bonds. The molecule has 1 N–H and O–H groups in total. The second-order valence-electron chi connectivity index (χ2n) is 4.17. The first-order valence-corrected chi connectivity index (χ1v) is 6.43. The predicted octanol–water partition coefficient (Wildman–Crippen LogP) is 3.46. The van der Waals surface area contributed by atoms with E-state index in [1.165, 1.54) is 0 Å². The number of rotatable bonds is 6. The van der Waals surface area contributed by atoms with Crippen molar-refractivity contribution in [2.45, 2.75) is 13.5 Å². The van der Waals surface area contributed by atoms with Crippen molar-refractivity contribution in [2.24, 2.45) is 0 Å². The first-order valence-electron chi connectivity index (χ1n) is 6.43. The van der Waals surface area contributed by atoms with Crippen molar-refractivity contribution in [3.8, 4) is 17.2 Å². The standard InChI is InChI=1S/C15H18N2O3.2ClH/c1-3-17(11-12-13(18)7-6-10-16-12)20-15-9-5-4-8-14(15)19-2;;/h4-10,18H,3,11H2,1-2H3;2*1H. The molecule has 22 heavy (non-hydrogen) atoms. The van der Waals surface area contributed by atoms with Crippen LogP contribution in [0.1, 0.15) is 12.6 Å². The zero-order valence-corrected chi connectivity index (χ0v) is 14.1. The number of hydrogen-bond donors (Lipinski definition) is 1. The maximum absolute atomic E-state index is 9.75. The molecule has 5 nitrogen and oxygen atoms in total. The molecule has 0 fully saturated rings. The molecule has 2 rings (SSSR count). The Kier molecular flexibility index (Phi) is 9.33. The molecule has 0 bridgehead atoms. The van der Waals surface area contributed by atoms with Crippen LogP contribution in [-0.2, 0) is 6.54 Å². The molecule has 2 aromatic rings. The summed E-state index contributed by atoms with van der Waals surface area (Å²) in [5.41, 5.74) is 0.573. The van der Waals surface area contributed by atoms with Gasteiger partial charge < -0.3 is 14.7 Å². The lowest BCUT2D eigenvalue weighted by molar-refractivity contribution is -0.0653. The van der Waals surface area contributed by atoms with Crippen molar-refractivity contribution in [3.05, 3.63) is 48.3 Å². The lowest BCUT2D eigenvalue weighted by atomic mass is 10.3. The van der Waals surface area contributed by atoms with Gasteiger partial charge in [0.25, 0.3) is 0 Å². The number of aromatic hydroxyl groups is 1. The summed E-state index contributed by atoms with van der Waals surface area (Å²) in [6, 6.07) is 10.7. The van der Waals surface area contributed by atoms with Crippen molar-refractivity contribution in [3.63, 3.8) is 0 Å². The van der Waals surface area contributed by atoms with E-state index in [9.17, 15) is 5.11 Å². The number of benzene rings is 1. The summed E-state index contributed by atoms with van der Waals surface area (Å²) in [4.78, 5) is 9.95. The van der Waals surface area contributed by atoms with Gasteiger partial charge in [-0.1, -0.05) is 12.1 Å². The molecule has 0 saturated carbocycles. The van der Waals surface area contributed by atoms with Gasteiger partial charge in [-0.2, -0.15) is 0 Å². The van der Waals surface area contributed by atoms with Gasteiger partial charge in [0, 0.05) is 12.7 Å². The van der Waals surface area contributed by atoms with Gasteiger partial charge in [0.05, 0.1) is 19.3 Å². The second kappa shape index (κ2) is 10.1. The van der Waals surface area contributed by atoms with Crippen LogP contribution >= 0.6 is 24.8 Å². The van der Waals surface area contributed by atoms with Crippen LogP contribution in [0.2, 0.25) is 0 Å². The monoisotopic (exact) mass is 346 g/mol. The van der Waals surface area contributed by atoms with E-state index in [0.717, 1.165) is 0 Å². The topological polar surface area (TPSA) is 54.8 Å². The van der Waals surface area contributed by atoms with Crippen molar-refractivity contribution in [1.82, 2.24) is 10.0 Å². The summed E-state index contributed by atoms with van der Waals surface area (Å²) in [6.07, 6.45) is 1.64. The molecular weight excluding hydrogens is 327 g/mol. The third-order valence-electron chi connectivity index (χ3n) is 2.84. The summed E-state index contributed by atoms with van der Waals surface area (Å²) in [6.45, 7) is 3.00. The van der Waals surface area contributed by atoms with E-state index in [-0.39, 0.29) is 30.6 Å². The molecule has 0 unspecified atom stereocenters.